The summed E-state index contributed by atoms with van der Waals surface area (Å²) in [5.41, 5.74) is 16.9. The lowest BCUT2D eigenvalue weighted by atomic mass is 9.65. The molecule has 3 heterocycles. The average Bonchev–Trinajstić information content (AvgIpc) is 3.48. The van der Waals surface area contributed by atoms with E-state index >= 15 is 0 Å². The van der Waals surface area contributed by atoms with E-state index < -0.39 is 5.41 Å². The molecule has 4 nitrogen and oxygen atoms in total. The van der Waals surface area contributed by atoms with Gasteiger partial charge in [-0.2, -0.15) is 0 Å². The smallest absolute Gasteiger partial charge is 0.160 e. The standard InChI is InChI=1S/C49H35N3O/c1-30-25-31(2)47(50-29-30)34-21-23-38-37-16-9-10-18-40(37)49(42(38)27-34)41-19-11-12-20-45(41)53-46-24-22-35(28-43(46)49)48-51-32(3)26-44(52-48)39-17-8-7-15-36(39)33-13-5-4-6-14-33/h4-29H,1-3H3. The fraction of sp³-hybridized carbons (Fsp3) is 0.0816. The van der Waals surface area contributed by atoms with Crippen molar-refractivity contribution in [3.05, 3.63) is 197 Å². The van der Waals surface area contributed by atoms with Gasteiger partial charge in [0.1, 0.15) is 11.5 Å². The molecule has 0 bridgehead atoms. The van der Waals surface area contributed by atoms with Crippen LogP contribution < -0.4 is 4.74 Å². The average molecular weight is 682 g/mol. The van der Waals surface area contributed by atoms with Crippen LogP contribution in [0.15, 0.2) is 158 Å². The summed E-state index contributed by atoms with van der Waals surface area (Å²) in [4.78, 5) is 15.2. The van der Waals surface area contributed by atoms with Crippen molar-refractivity contribution in [2.45, 2.75) is 26.2 Å². The van der Waals surface area contributed by atoms with Crippen LogP contribution in [0, 0.1) is 20.8 Å². The van der Waals surface area contributed by atoms with Crippen molar-refractivity contribution < 1.29 is 4.74 Å². The van der Waals surface area contributed by atoms with Crippen molar-refractivity contribution in [1.82, 2.24) is 15.0 Å². The van der Waals surface area contributed by atoms with Crippen LogP contribution in [0.1, 0.15) is 39.1 Å². The van der Waals surface area contributed by atoms with Gasteiger partial charge in [0.05, 0.1) is 16.8 Å². The highest BCUT2D eigenvalue weighted by atomic mass is 16.5. The number of nitrogens with zero attached hydrogens (tertiary/aromatic N) is 3. The maximum absolute atomic E-state index is 6.76. The molecule has 0 saturated heterocycles. The molecule has 4 heteroatoms. The molecular formula is C49H35N3O. The molecule has 2 aromatic heterocycles. The van der Waals surface area contributed by atoms with Crippen LogP contribution in [0.4, 0.5) is 0 Å². The fourth-order valence-corrected chi connectivity index (χ4v) is 8.62. The summed E-state index contributed by atoms with van der Waals surface area (Å²) in [6.07, 6.45) is 1.96. The Morgan fingerprint density at radius 2 is 1.13 bits per heavy atom. The predicted molar refractivity (Wildman–Crippen MR) is 213 cm³/mol. The molecule has 1 atom stereocenters. The largest absolute Gasteiger partial charge is 0.457 e. The van der Waals surface area contributed by atoms with Crippen LogP contribution in [0.2, 0.25) is 0 Å². The fourth-order valence-electron chi connectivity index (χ4n) is 8.62. The van der Waals surface area contributed by atoms with Gasteiger partial charge in [-0.05, 0) is 102 Å². The summed E-state index contributed by atoms with van der Waals surface area (Å²) >= 11 is 0. The maximum atomic E-state index is 6.76. The van der Waals surface area contributed by atoms with Crippen LogP contribution in [0.3, 0.4) is 0 Å². The first-order valence-electron chi connectivity index (χ1n) is 18.1. The van der Waals surface area contributed by atoms with Gasteiger partial charge in [0, 0.05) is 39.7 Å². The van der Waals surface area contributed by atoms with Crippen molar-refractivity contribution in [3.8, 4) is 67.7 Å². The number of pyridine rings is 1. The number of ether oxygens (including phenoxy) is 1. The Morgan fingerprint density at radius 3 is 1.96 bits per heavy atom. The lowest BCUT2D eigenvalue weighted by molar-refractivity contribution is 0.436. The monoisotopic (exact) mass is 681 g/mol. The molecule has 8 aromatic rings. The lowest BCUT2D eigenvalue weighted by Gasteiger charge is -2.39. The van der Waals surface area contributed by atoms with Crippen LogP contribution >= 0.6 is 0 Å². The zero-order valence-electron chi connectivity index (χ0n) is 29.8. The van der Waals surface area contributed by atoms with Gasteiger partial charge in [0.25, 0.3) is 0 Å². The van der Waals surface area contributed by atoms with Crippen molar-refractivity contribution in [2.75, 3.05) is 0 Å². The topological polar surface area (TPSA) is 47.9 Å². The van der Waals surface area contributed by atoms with E-state index in [4.69, 9.17) is 19.7 Å². The van der Waals surface area contributed by atoms with Gasteiger partial charge in [-0.25, -0.2) is 9.97 Å². The van der Waals surface area contributed by atoms with Gasteiger partial charge < -0.3 is 4.74 Å². The first-order chi connectivity index (χ1) is 26.0. The summed E-state index contributed by atoms with van der Waals surface area (Å²) in [6.45, 7) is 6.28. The van der Waals surface area contributed by atoms with E-state index in [1.807, 2.05) is 19.2 Å². The Hall–Kier alpha value is -6.65. The second-order valence-electron chi connectivity index (χ2n) is 14.2. The van der Waals surface area contributed by atoms with Gasteiger partial charge in [0.2, 0.25) is 0 Å². The minimum absolute atomic E-state index is 0.646. The third-order valence-electron chi connectivity index (χ3n) is 10.8. The van der Waals surface area contributed by atoms with Gasteiger partial charge in [0.15, 0.2) is 5.82 Å². The number of aromatic nitrogens is 3. The predicted octanol–water partition coefficient (Wildman–Crippen LogP) is 11.9. The molecule has 1 aliphatic heterocycles. The molecule has 1 aliphatic carbocycles. The zero-order valence-corrected chi connectivity index (χ0v) is 29.8. The summed E-state index contributed by atoms with van der Waals surface area (Å²) in [6, 6.07) is 53.9. The van der Waals surface area contributed by atoms with E-state index in [2.05, 4.69) is 159 Å². The minimum atomic E-state index is -0.646. The van der Waals surface area contributed by atoms with Gasteiger partial charge in [-0.15, -0.1) is 0 Å². The summed E-state index contributed by atoms with van der Waals surface area (Å²) < 4.78 is 6.76. The van der Waals surface area contributed by atoms with E-state index in [-0.39, 0.29) is 0 Å². The quantitative estimate of drug-likeness (QED) is 0.185. The molecule has 0 fully saturated rings. The Kier molecular flexibility index (Phi) is 7.02. The molecule has 1 unspecified atom stereocenters. The SMILES string of the molecule is Cc1cnc(-c2ccc3c(c2)C2(c4ccccc4Oc4ccc(-c5nc(C)cc(-c6ccccc6-c6ccccc6)n5)cc42)c2ccccc2-3)c(C)c1. The molecule has 1 spiro atoms. The molecule has 0 N–H and O–H groups in total. The van der Waals surface area contributed by atoms with Gasteiger partial charge in [-0.1, -0.05) is 115 Å². The molecule has 0 saturated carbocycles. The van der Waals surface area contributed by atoms with Crippen LogP contribution in [0.5, 0.6) is 11.5 Å². The molecule has 252 valence electrons. The number of aryl methyl sites for hydroxylation is 3. The van der Waals surface area contributed by atoms with Gasteiger partial charge >= 0.3 is 0 Å². The molecule has 2 aliphatic rings. The third-order valence-corrected chi connectivity index (χ3v) is 10.8. The van der Waals surface area contributed by atoms with E-state index in [0.717, 1.165) is 78.7 Å². The first kappa shape index (κ1) is 31.1. The van der Waals surface area contributed by atoms with Crippen molar-refractivity contribution >= 4 is 0 Å². The Labute approximate surface area is 309 Å². The second kappa shape index (κ2) is 12.0. The first-order valence-corrected chi connectivity index (χ1v) is 18.1. The molecule has 0 amide bonds. The van der Waals surface area contributed by atoms with Crippen LogP contribution in [-0.4, -0.2) is 15.0 Å². The molecule has 0 radical (unpaired) electrons. The van der Waals surface area contributed by atoms with E-state index in [9.17, 15) is 0 Å². The summed E-state index contributed by atoms with van der Waals surface area (Å²) in [7, 11) is 0. The maximum Gasteiger partial charge on any atom is 0.160 e. The van der Waals surface area contributed by atoms with Crippen LogP contribution in [-0.2, 0) is 5.41 Å². The molecule has 10 rings (SSSR count). The number of fused-ring (bicyclic) bond motifs is 9. The lowest BCUT2D eigenvalue weighted by Crippen LogP contribution is -2.32. The minimum Gasteiger partial charge on any atom is -0.457 e. The highest BCUT2D eigenvalue weighted by Crippen LogP contribution is 2.62. The normalized spacial score (nSPS) is 14.9. The zero-order chi connectivity index (χ0) is 35.7. The number of rotatable bonds is 4. The van der Waals surface area contributed by atoms with Crippen LogP contribution in [0.25, 0.3) is 56.2 Å². The van der Waals surface area contributed by atoms with Crippen molar-refractivity contribution in [1.29, 1.82) is 0 Å². The highest BCUT2D eigenvalue weighted by Gasteiger charge is 2.51. The third kappa shape index (κ3) is 4.79. The number of hydrogen-bond donors (Lipinski definition) is 0. The van der Waals surface area contributed by atoms with Crippen molar-refractivity contribution in [3.63, 3.8) is 0 Å². The van der Waals surface area contributed by atoms with E-state index in [1.165, 1.54) is 22.3 Å². The molecule has 6 aromatic carbocycles. The Morgan fingerprint density at radius 1 is 0.472 bits per heavy atom. The highest BCUT2D eigenvalue weighted by molar-refractivity contribution is 5.91. The van der Waals surface area contributed by atoms with Gasteiger partial charge in [-0.3, -0.25) is 4.98 Å². The molecule has 53 heavy (non-hydrogen) atoms. The van der Waals surface area contributed by atoms with E-state index in [0.29, 0.717) is 5.82 Å². The Balaban J connectivity index is 1.21. The summed E-state index contributed by atoms with van der Waals surface area (Å²) in [5, 5.41) is 0. The second-order valence-corrected chi connectivity index (χ2v) is 14.2. The Bertz CT molecular complexity index is 2750. The number of hydrogen-bond acceptors (Lipinski definition) is 4. The number of para-hydroxylation sites is 1. The number of benzene rings is 6. The summed E-state index contributed by atoms with van der Waals surface area (Å²) in [5.74, 6) is 2.36. The van der Waals surface area contributed by atoms with E-state index in [1.54, 1.807) is 0 Å². The molecular weight excluding hydrogens is 647 g/mol. The van der Waals surface area contributed by atoms with Crippen molar-refractivity contribution in [2.24, 2.45) is 0 Å².